The molecule has 1 saturated heterocycles. The molecule has 1 aliphatic rings. The predicted octanol–water partition coefficient (Wildman–Crippen LogP) is -1.99. The molecule has 0 bridgehead atoms. The molecule has 1 fully saturated rings. The third-order valence-electron chi connectivity index (χ3n) is 3.37. The van der Waals surface area contributed by atoms with Crippen LogP contribution in [0.5, 0.6) is 0 Å². The number of aliphatic hydroxyl groups excluding tert-OH is 2. The van der Waals surface area contributed by atoms with E-state index in [0.29, 0.717) is 0 Å². The highest BCUT2D eigenvalue weighted by atomic mass is 31.3. The number of hydrogen-bond acceptors (Lipinski definition) is 13. The highest BCUT2D eigenvalue weighted by Crippen LogP contribution is 2.66. The number of aliphatic hydroxyl groups is 2. The first-order valence-electron chi connectivity index (χ1n) is 7.43. The molecular weight excluding hydrogens is 483 g/mol. The molecule has 0 radical (unpaired) electrons. The Labute approximate surface area is 165 Å². The fraction of sp³-hybridized carbons (Fsp3) is 0.556. The summed E-state index contributed by atoms with van der Waals surface area (Å²) < 4.78 is 50.7. The van der Waals surface area contributed by atoms with Gasteiger partial charge in [-0.2, -0.15) is 13.6 Å². The zero-order chi connectivity index (χ0) is 22.9. The lowest BCUT2D eigenvalue weighted by Gasteiger charge is -2.19. The largest absolute Gasteiger partial charge is 0.490 e. The summed E-state index contributed by atoms with van der Waals surface area (Å²) >= 11 is 0. The minimum absolute atomic E-state index is 0.228. The predicted molar refractivity (Wildman–Crippen MR) is 89.6 cm³/mol. The maximum absolute atomic E-state index is 11.9. The number of phosphoric ester groups is 1. The maximum atomic E-state index is 11.9. The van der Waals surface area contributed by atoms with Crippen LogP contribution in [0.2, 0.25) is 0 Å². The van der Waals surface area contributed by atoms with Crippen LogP contribution in [0, 0.1) is 0 Å². The first-order valence-corrected chi connectivity index (χ1v) is 12.0. The molecule has 1 aromatic heterocycles. The lowest BCUT2D eigenvalue weighted by atomic mass is 10.1. The van der Waals surface area contributed by atoms with Gasteiger partial charge in [-0.3, -0.25) is 19.8 Å². The molecule has 172 valence electrons. The van der Waals surface area contributed by atoms with Gasteiger partial charge in [0.1, 0.15) is 18.3 Å². The van der Waals surface area contributed by atoms with Gasteiger partial charge in [0, 0.05) is 6.20 Å². The number of hydrogen-bond donors (Lipinski definition) is 8. The number of ether oxygens (including phenoxy) is 1. The Hall–Kier alpha value is -1.07. The third kappa shape index (κ3) is 6.71. The number of phosphoric acid groups is 3. The monoisotopic (exact) mass is 499 g/mol. The maximum Gasteiger partial charge on any atom is 0.490 e. The summed E-state index contributed by atoms with van der Waals surface area (Å²) in [6, 6.07) is 1.11. The smallest absolute Gasteiger partial charge is 0.387 e. The average Bonchev–Trinajstić information content (AvgIpc) is 2.85. The zero-order valence-corrected chi connectivity index (χ0v) is 17.0. The van der Waals surface area contributed by atoms with Gasteiger partial charge < -0.3 is 34.5 Å². The highest BCUT2D eigenvalue weighted by Gasteiger charge is 2.46. The SMILES string of the molecule is O=c1nc(NO)ccn1[C@@H]1O[C@H](COP(=O)(O)OP(=O)(O)OP(=O)(O)O)[C@H](O)C1O. The van der Waals surface area contributed by atoms with Gasteiger partial charge in [-0.25, -0.2) is 18.5 Å². The fourth-order valence-electron chi connectivity index (χ4n) is 2.24. The Bertz CT molecular complexity index is 962. The van der Waals surface area contributed by atoms with E-state index in [4.69, 9.17) is 24.6 Å². The Kier molecular flexibility index (Phi) is 7.72. The van der Waals surface area contributed by atoms with E-state index >= 15 is 0 Å². The van der Waals surface area contributed by atoms with Crippen molar-refractivity contribution in [2.75, 3.05) is 12.1 Å². The Morgan fingerprint density at radius 3 is 2.27 bits per heavy atom. The van der Waals surface area contributed by atoms with Crippen molar-refractivity contribution in [3.05, 3.63) is 22.7 Å². The van der Waals surface area contributed by atoms with Crippen molar-refractivity contribution >= 4 is 29.3 Å². The van der Waals surface area contributed by atoms with Gasteiger partial charge in [0.2, 0.25) is 0 Å². The van der Waals surface area contributed by atoms with Crippen LogP contribution in [0.15, 0.2) is 17.1 Å². The normalized spacial score (nSPS) is 28.6. The van der Waals surface area contributed by atoms with E-state index in [1.54, 1.807) is 5.48 Å². The minimum atomic E-state index is -5.73. The van der Waals surface area contributed by atoms with Crippen LogP contribution in [0.25, 0.3) is 0 Å². The van der Waals surface area contributed by atoms with Crippen molar-refractivity contribution in [1.29, 1.82) is 0 Å². The molecule has 0 aromatic carbocycles. The van der Waals surface area contributed by atoms with Crippen LogP contribution in [-0.2, 0) is 31.6 Å². The van der Waals surface area contributed by atoms with E-state index in [0.717, 1.165) is 16.8 Å². The second kappa shape index (κ2) is 9.20. The standard InChI is InChI=1S/C9H16N3O15P3/c13-6-4(3-24-29(20,21)27-30(22,23)26-28(17,18)19)25-8(7(6)14)12-2-1-5(11-16)10-9(12)15/h1-2,4,6-8,13-14,16H,3H2,(H,20,21)(H,22,23)(H,10,11,15)(H2,17,18,19)/t4-,6+,7?,8-/m1/s1. The van der Waals surface area contributed by atoms with Gasteiger partial charge in [0.15, 0.2) is 12.0 Å². The van der Waals surface area contributed by atoms with Gasteiger partial charge in [0.05, 0.1) is 6.61 Å². The van der Waals surface area contributed by atoms with Crippen molar-refractivity contribution in [2.24, 2.45) is 0 Å². The number of anilines is 1. The van der Waals surface area contributed by atoms with E-state index in [9.17, 15) is 33.6 Å². The molecule has 2 rings (SSSR count). The van der Waals surface area contributed by atoms with Crippen LogP contribution in [0.3, 0.4) is 0 Å². The molecule has 0 aliphatic carbocycles. The van der Waals surface area contributed by atoms with Gasteiger partial charge in [-0.05, 0) is 6.07 Å². The molecule has 18 nitrogen and oxygen atoms in total. The lowest BCUT2D eigenvalue weighted by molar-refractivity contribution is -0.0541. The van der Waals surface area contributed by atoms with E-state index in [-0.39, 0.29) is 5.82 Å². The molecule has 2 heterocycles. The van der Waals surface area contributed by atoms with E-state index in [1.807, 2.05) is 0 Å². The van der Waals surface area contributed by atoms with Crippen molar-refractivity contribution in [1.82, 2.24) is 9.55 Å². The zero-order valence-electron chi connectivity index (χ0n) is 14.3. The molecule has 0 amide bonds. The van der Waals surface area contributed by atoms with Crippen LogP contribution in [-0.4, -0.2) is 69.5 Å². The second-order valence-corrected chi connectivity index (χ2v) is 9.97. The van der Waals surface area contributed by atoms with E-state index < -0.39 is 60.3 Å². The molecule has 1 aromatic rings. The second-order valence-electron chi connectivity index (χ2n) is 5.55. The number of aromatic nitrogens is 2. The molecular formula is C9H16N3O15P3. The molecule has 0 saturated carbocycles. The first-order chi connectivity index (χ1) is 13.6. The Balaban J connectivity index is 2.06. The number of nitrogens with zero attached hydrogens (tertiary/aromatic N) is 2. The summed E-state index contributed by atoms with van der Waals surface area (Å²) in [6.07, 6.45) is -5.62. The molecule has 0 spiro atoms. The Morgan fingerprint density at radius 2 is 1.73 bits per heavy atom. The lowest BCUT2D eigenvalue weighted by Crippen LogP contribution is -2.36. The van der Waals surface area contributed by atoms with Crippen LogP contribution < -0.4 is 11.2 Å². The summed E-state index contributed by atoms with van der Waals surface area (Å²) in [5, 5.41) is 28.7. The molecule has 3 unspecified atom stereocenters. The van der Waals surface area contributed by atoms with Gasteiger partial charge in [-0.15, -0.1) is 0 Å². The third-order valence-corrected chi connectivity index (χ3v) is 7.18. The van der Waals surface area contributed by atoms with Gasteiger partial charge >= 0.3 is 29.2 Å². The molecule has 30 heavy (non-hydrogen) atoms. The molecule has 8 N–H and O–H groups in total. The first kappa shape index (κ1) is 25.2. The quantitative estimate of drug-likeness (QED) is 0.135. The number of rotatable bonds is 9. The van der Waals surface area contributed by atoms with Crippen LogP contribution >= 0.6 is 23.5 Å². The van der Waals surface area contributed by atoms with Crippen LogP contribution in [0.4, 0.5) is 5.82 Å². The Morgan fingerprint density at radius 1 is 1.10 bits per heavy atom. The van der Waals surface area contributed by atoms with Crippen LogP contribution in [0.1, 0.15) is 6.23 Å². The molecule has 21 heteroatoms. The highest BCUT2D eigenvalue weighted by molar-refractivity contribution is 7.66. The fourth-order valence-corrected chi connectivity index (χ4v) is 5.27. The average molecular weight is 499 g/mol. The number of nitrogens with one attached hydrogen (secondary N) is 1. The summed E-state index contributed by atoms with van der Waals surface area (Å²) in [6.45, 7) is -1.04. The van der Waals surface area contributed by atoms with Crippen molar-refractivity contribution in [3.63, 3.8) is 0 Å². The molecule has 1 aliphatic heterocycles. The summed E-state index contributed by atoms with van der Waals surface area (Å²) in [7, 11) is -16.8. The summed E-state index contributed by atoms with van der Waals surface area (Å²) in [5.41, 5.74) is 0.597. The molecule has 6 atom stereocenters. The minimum Gasteiger partial charge on any atom is -0.387 e. The van der Waals surface area contributed by atoms with Crippen molar-refractivity contribution < 1.29 is 66.6 Å². The van der Waals surface area contributed by atoms with E-state index in [2.05, 4.69) is 18.1 Å². The summed E-state index contributed by atoms with van der Waals surface area (Å²) in [5.74, 6) is -0.228. The van der Waals surface area contributed by atoms with Gasteiger partial charge in [0.25, 0.3) is 0 Å². The van der Waals surface area contributed by atoms with Gasteiger partial charge in [-0.1, -0.05) is 0 Å². The topological polar surface area (TPSA) is 277 Å². The van der Waals surface area contributed by atoms with E-state index in [1.165, 1.54) is 0 Å². The van der Waals surface area contributed by atoms with Crippen molar-refractivity contribution in [3.8, 4) is 0 Å². The summed E-state index contributed by atoms with van der Waals surface area (Å²) in [4.78, 5) is 50.6. The van der Waals surface area contributed by atoms with Crippen molar-refractivity contribution in [2.45, 2.75) is 24.5 Å².